The van der Waals surface area contributed by atoms with Crippen molar-refractivity contribution in [1.82, 2.24) is 4.57 Å². The van der Waals surface area contributed by atoms with Gasteiger partial charge in [-0.2, -0.15) is 0 Å². The van der Waals surface area contributed by atoms with Gasteiger partial charge in [0.25, 0.3) is 5.56 Å². The van der Waals surface area contributed by atoms with E-state index in [0.717, 1.165) is 19.3 Å². The molecule has 1 aromatic heterocycles. The van der Waals surface area contributed by atoms with Crippen LogP contribution in [0.2, 0.25) is 0 Å². The Hall–Kier alpha value is -2.97. The second-order valence-electron chi connectivity index (χ2n) is 7.16. The number of para-hydroxylation sites is 1. The highest BCUT2D eigenvalue weighted by atomic mass is 32.2. The Morgan fingerprint density at radius 1 is 1.07 bits per heavy atom. The summed E-state index contributed by atoms with van der Waals surface area (Å²) in [5.41, 5.74) is -0.193. The molecule has 0 aliphatic heterocycles. The van der Waals surface area contributed by atoms with Gasteiger partial charge < -0.3 is 9.67 Å². The second kappa shape index (κ2) is 8.81. The molecule has 0 radical (unpaired) electrons. The van der Waals surface area contributed by atoms with E-state index in [1.54, 1.807) is 30.3 Å². The fourth-order valence-corrected chi connectivity index (χ4v) is 4.35. The van der Waals surface area contributed by atoms with Crippen LogP contribution in [0.25, 0.3) is 10.9 Å². The van der Waals surface area contributed by atoms with Gasteiger partial charge in [-0.05, 0) is 30.2 Å². The quantitative estimate of drug-likeness (QED) is 0.422. The third-order valence-corrected chi connectivity index (χ3v) is 6.05. The first-order chi connectivity index (χ1) is 14.3. The zero-order valence-electron chi connectivity index (χ0n) is 16.7. The van der Waals surface area contributed by atoms with Gasteiger partial charge in [-0.25, -0.2) is 13.6 Å². The number of hydrogen-bond donors (Lipinski definition) is 2. The van der Waals surface area contributed by atoms with Crippen molar-refractivity contribution in [3.05, 3.63) is 70.0 Å². The number of nitrogens with zero attached hydrogens (tertiary/aromatic N) is 1. The zero-order valence-corrected chi connectivity index (χ0v) is 17.5. The Morgan fingerprint density at radius 2 is 1.73 bits per heavy atom. The van der Waals surface area contributed by atoms with Crippen LogP contribution in [-0.2, 0) is 23.0 Å². The summed E-state index contributed by atoms with van der Waals surface area (Å²) in [5.74, 6) is -1.05. The largest absolute Gasteiger partial charge is 0.506 e. The van der Waals surface area contributed by atoms with Crippen LogP contribution in [0.1, 0.15) is 42.1 Å². The van der Waals surface area contributed by atoms with Crippen molar-refractivity contribution in [2.24, 2.45) is 5.14 Å². The van der Waals surface area contributed by atoms with Crippen molar-refractivity contribution < 1.29 is 18.3 Å². The maximum Gasteiger partial charge on any atom is 0.265 e. The molecule has 0 aliphatic rings. The molecule has 30 heavy (non-hydrogen) atoms. The number of aromatic hydroxyl groups is 1. The van der Waals surface area contributed by atoms with Gasteiger partial charge in [0.05, 0.1) is 10.4 Å². The number of hydrogen-bond acceptors (Lipinski definition) is 5. The molecule has 3 N–H and O–H groups in total. The summed E-state index contributed by atoms with van der Waals surface area (Å²) in [6, 6.07) is 12.7. The number of aryl methyl sites for hydroxylation is 1. The first kappa shape index (κ1) is 21.7. The van der Waals surface area contributed by atoms with Crippen molar-refractivity contribution in [2.45, 2.75) is 44.0 Å². The van der Waals surface area contributed by atoms with Gasteiger partial charge in [0.15, 0.2) is 5.78 Å². The zero-order chi connectivity index (χ0) is 21.9. The van der Waals surface area contributed by atoms with Crippen LogP contribution < -0.4 is 10.7 Å². The van der Waals surface area contributed by atoms with Gasteiger partial charge in [-0.3, -0.25) is 9.59 Å². The lowest BCUT2D eigenvalue weighted by molar-refractivity contribution is 0.0988. The van der Waals surface area contributed by atoms with Gasteiger partial charge >= 0.3 is 0 Å². The van der Waals surface area contributed by atoms with E-state index in [1.807, 2.05) is 0 Å². The van der Waals surface area contributed by atoms with E-state index in [0.29, 0.717) is 17.4 Å². The minimum absolute atomic E-state index is 0.175. The lowest BCUT2D eigenvalue weighted by Gasteiger charge is -2.15. The smallest absolute Gasteiger partial charge is 0.265 e. The van der Waals surface area contributed by atoms with Crippen molar-refractivity contribution in [1.29, 1.82) is 0 Å². The number of ketones is 1. The van der Waals surface area contributed by atoms with Crippen LogP contribution in [0.3, 0.4) is 0 Å². The van der Waals surface area contributed by atoms with E-state index in [-0.39, 0.29) is 28.2 Å². The van der Waals surface area contributed by atoms with Crippen molar-refractivity contribution >= 4 is 26.7 Å². The van der Waals surface area contributed by atoms with E-state index in [2.05, 4.69) is 6.92 Å². The Labute approximate surface area is 174 Å². The monoisotopic (exact) mass is 428 g/mol. The number of rotatable bonds is 8. The van der Waals surface area contributed by atoms with E-state index in [9.17, 15) is 23.1 Å². The van der Waals surface area contributed by atoms with Crippen LogP contribution in [0.15, 0.2) is 58.2 Å². The lowest BCUT2D eigenvalue weighted by Crippen LogP contribution is -2.28. The number of pyridine rings is 1. The number of unbranched alkanes of at least 4 members (excludes halogenated alkanes) is 2. The van der Waals surface area contributed by atoms with Gasteiger partial charge in [-0.1, -0.05) is 50.1 Å². The third kappa shape index (κ3) is 4.29. The van der Waals surface area contributed by atoms with Crippen LogP contribution in [0.5, 0.6) is 5.75 Å². The number of aromatic nitrogens is 1. The molecule has 7 nitrogen and oxygen atoms in total. The highest BCUT2D eigenvalue weighted by molar-refractivity contribution is 7.89. The molecular formula is C22H24N2O5S. The molecule has 3 aromatic rings. The van der Waals surface area contributed by atoms with Gasteiger partial charge in [-0.15, -0.1) is 0 Å². The molecule has 0 spiro atoms. The molecule has 0 unspecified atom stereocenters. The minimum atomic E-state index is -4.04. The molecule has 0 amide bonds. The van der Waals surface area contributed by atoms with Crippen LogP contribution in [0, 0.1) is 0 Å². The first-order valence-electron chi connectivity index (χ1n) is 9.74. The number of benzene rings is 2. The molecule has 0 saturated carbocycles. The average Bonchev–Trinajstić information content (AvgIpc) is 2.70. The average molecular weight is 429 g/mol. The fourth-order valence-electron chi connectivity index (χ4n) is 3.57. The maximum absolute atomic E-state index is 13.2. The topological polar surface area (TPSA) is 119 Å². The van der Waals surface area contributed by atoms with Crippen LogP contribution >= 0.6 is 0 Å². The molecule has 1 heterocycles. The summed E-state index contributed by atoms with van der Waals surface area (Å²) in [7, 11) is -4.04. The molecule has 0 aliphatic carbocycles. The van der Waals surface area contributed by atoms with Gasteiger partial charge in [0.1, 0.15) is 11.3 Å². The summed E-state index contributed by atoms with van der Waals surface area (Å²) in [6.07, 6.45) is 2.28. The number of nitrogens with two attached hydrogens (primary N) is 1. The Bertz CT molecular complexity index is 1260. The highest BCUT2D eigenvalue weighted by Gasteiger charge is 2.24. The fraction of sp³-hybridized carbons (Fsp3) is 0.273. The highest BCUT2D eigenvalue weighted by Crippen LogP contribution is 2.28. The summed E-state index contributed by atoms with van der Waals surface area (Å²) in [4.78, 5) is 26.0. The second-order valence-corrected chi connectivity index (χ2v) is 8.69. The van der Waals surface area contributed by atoms with E-state index in [1.165, 1.54) is 22.8 Å². The summed E-state index contributed by atoms with van der Waals surface area (Å²) >= 11 is 0. The number of sulfonamides is 1. The predicted octanol–water partition coefficient (Wildman–Crippen LogP) is 2.97. The van der Waals surface area contributed by atoms with Crippen LogP contribution in [-0.4, -0.2) is 23.9 Å². The molecule has 0 fully saturated rings. The van der Waals surface area contributed by atoms with Gasteiger partial charge in [0, 0.05) is 18.4 Å². The first-order valence-corrected chi connectivity index (χ1v) is 11.3. The predicted molar refractivity (Wildman–Crippen MR) is 115 cm³/mol. The standard InChI is InChI=1S/C22H24N2O5S/c1-2-3-8-13-24-17-11-6-5-10-16(17)21(26)20(22(24)27)18(25)14-15-9-4-7-12-19(15)30(23,28)29/h4-7,9-12,26H,2-3,8,13-14H2,1H3,(H2,23,28,29). The Balaban J connectivity index is 2.12. The van der Waals surface area contributed by atoms with E-state index < -0.39 is 21.4 Å². The molecule has 0 saturated heterocycles. The molecule has 3 rings (SSSR count). The third-order valence-electron chi connectivity index (χ3n) is 5.04. The summed E-state index contributed by atoms with van der Waals surface area (Å²) in [5, 5.41) is 16.4. The molecule has 2 aromatic carbocycles. The Kier molecular flexibility index (Phi) is 6.38. The Morgan fingerprint density at radius 3 is 2.43 bits per heavy atom. The van der Waals surface area contributed by atoms with Crippen LogP contribution in [0.4, 0.5) is 0 Å². The maximum atomic E-state index is 13.2. The number of carbonyl (C=O) groups is 1. The number of carbonyl (C=O) groups excluding carboxylic acids is 1. The molecule has 0 atom stereocenters. The van der Waals surface area contributed by atoms with Gasteiger partial charge in [0.2, 0.25) is 10.0 Å². The van der Waals surface area contributed by atoms with E-state index >= 15 is 0 Å². The number of Topliss-reactive ketones (excluding diaryl/α,β-unsaturated/α-hetero) is 1. The van der Waals surface area contributed by atoms with Crippen molar-refractivity contribution in [2.75, 3.05) is 0 Å². The molecule has 0 bridgehead atoms. The molecule has 8 heteroatoms. The molecule has 158 valence electrons. The lowest BCUT2D eigenvalue weighted by atomic mass is 10.0. The SMILES string of the molecule is CCCCCn1c(=O)c(C(=O)Cc2ccccc2S(N)(=O)=O)c(O)c2ccccc21. The normalized spacial score (nSPS) is 11.7. The molecular weight excluding hydrogens is 404 g/mol. The summed E-state index contributed by atoms with van der Waals surface area (Å²) < 4.78 is 25.2. The van der Waals surface area contributed by atoms with Crippen molar-refractivity contribution in [3.63, 3.8) is 0 Å². The number of primary sulfonamides is 1. The van der Waals surface area contributed by atoms with Crippen molar-refractivity contribution in [3.8, 4) is 5.75 Å². The summed E-state index contributed by atoms with van der Waals surface area (Å²) in [6.45, 7) is 2.47. The minimum Gasteiger partial charge on any atom is -0.506 e. The number of fused-ring (bicyclic) bond motifs is 1. The van der Waals surface area contributed by atoms with E-state index in [4.69, 9.17) is 5.14 Å².